The standard InChI is InChI=1S/C17H19NO2S/c1-12-3-5-14(6-4-12)15-7-10-21-16(15)17(19)18-8-9-20-13(2)11-18/h3-7,10,13H,8-9,11H2,1-2H3. The fourth-order valence-electron chi connectivity index (χ4n) is 2.58. The monoisotopic (exact) mass is 301 g/mol. The van der Waals surface area contributed by atoms with Crippen LogP contribution in [-0.4, -0.2) is 36.6 Å². The van der Waals surface area contributed by atoms with E-state index in [2.05, 4.69) is 31.2 Å². The number of morpholine rings is 1. The van der Waals surface area contributed by atoms with Gasteiger partial charge in [0.05, 0.1) is 17.6 Å². The number of hydrogen-bond donors (Lipinski definition) is 0. The lowest BCUT2D eigenvalue weighted by Gasteiger charge is -2.31. The molecule has 0 radical (unpaired) electrons. The molecule has 1 aromatic carbocycles. The van der Waals surface area contributed by atoms with Gasteiger partial charge in [-0.2, -0.15) is 0 Å². The molecule has 2 aromatic rings. The van der Waals surface area contributed by atoms with Crippen LogP contribution in [0, 0.1) is 6.92 Å². The fraction of sp³-hybridized carbons (Fsp3) is 0.353. The zero-order chi connectivity index (χ0) is 14.8. The summed E-state index contributed by atoms with van der Waals surface area (Å²) >= 11 is 1.52. The van der Waals surface area contributed by atoms with Crippen molar-refractivity contribution in [3.05, 3.63) is 46.2 Å². The molecule has 0 aliphatic carbocycles. The van der Waals surface area contributed by atoms with Gasteiger partial charge in [-0.3, -0.25) is 4.79 Å². The highest BCUT2D eigenvalue weighted by molar-refractivity contribution is 7.12. The molecule has 110 valence electrons. The Morgan fingerprint density at radius 3 is 2.76 bits per heavy atom. The highest BCUT2D eigenvalue weighted by atomic mass is 32.1. The number of carbonyl (C=O) groups is 1. The number of ether oxygens (including phenoxy) is 1. The van der Waals surface area contributed by atoms with Gasteiger partial charge in [-0.1, -0.05) is 29.8 Å². The summed E-state index contributed by atoms with van der Waals surface area (Å²) in [4.78, 5) is 15.5. The predicted octanol–water partition coefficient (Wildman–Crippen LogP) is 3.58. The topological polar surface area (TPSA) is 29.5 Å². The number of rotatable bonds is 2. The SMILES string of the molecule is Cc1ccc(-c2ccsc2C(=O)N2CCOC(C)C2)cc1. The van der Waals surface area contributed by atoms with E-state index in [9.17, 15) is 4.79 Å². The van der Waals surface area contributed by atoms with Crippen LogP contribution in [0.25, 0.3) is 11.1 Å². The second-order valence-corrected chi connectivity index (χ2v) is 6.38. The van der Waals surface area contributed by atoms with E-state index >= 15 is 0 Å². The summed E-state index contributed by atoms with van der Waals surface area (Å²) in [5.74, 6) is 0.121. The Hall–Kier alpha value is -1.65. The second kappa shape index (κ2) is 6.00. The zero-order valence-corrected chi connectivity index (χ0v) is 13.2. The quantitative estimate of drug-likeness (QED) is 0.848. The Labute approximate surface area is 129 Å². The van der Waals surface area contributed by atoms with Gasteiger partial charge >= 0.3 is 0 Å². The van der Waals surface area contributed by atoms with Crippen LogP contribution in [0.4, 0.5) is 0 Å². The summed E-state index contributed by atoms with van der Waals surface area (Å²) in [6.07, 6.45) is 0.116. The van der Waals surface area contributed by atoms with E-state index in [-0.39, 0.29) is 12.0 Å². The molecule has 2 heterocycles. The van der Waals surface area contributed by atoms with E-state index in [1.165, 1.54) is 16.9 Å². The first-order chi connectivity index (χ1) is 10.1. The molecule has 3 rings (SSSR count). The summed E-state index contributed by atoms with van der Waals surface area (Å²) in [5.41, 5.74) is 3.36. The van der Waals surface area contributed by atoms with E-state index < -0.39 is 0 Å². The molecule has 1 atom stereocenters. The molecule has 0 bridgehead atoms. The summed E-state index contributed by atoms with van der Waals surface area (Å²) in [5, 5.41) is 1.99. The first-order valence-electron chi connectivity index (χ1n) is 7.20. The van der Waals surface area contributed by atoms with Crippen molar-refractivity contribution in [2.75, 3.05) is 19.7 Å². The molecule has 1 aliphatic heterocycles. The number of benzene rings is 1. The van der Waals surface area contributed by atoms with E-state index in [4.69, 9.17) is 4.74 Å². The Morgan fingerprint density at radius 2 is 2.05 bits per heavy atom. The molecule has 1 saturated heterocycles. The van der Waals surface area contributed by atoms with Crippen molar-refractivity contribution in [2.45, 2.75) is 20.0 Å². The van der Waals surface area contributed by atoms with Gasteiger partial charge in [0, 0.05) is 18.7 Å². The second-order valence-electron chi connectivity index (χ2n) is 5.46. The average molecular weight is 301 g/mol. The van der Waals surface area contributed by atoms with Crippen molar-refractivity contribution in [1.29, 1.82) is 0 Å². The van der Waals surface area contributed by atoms with Gasteiger partial charge in [0.1, 0.15) is 0 Å². The number of thiophene rings is 1. The Balaban J connectivity index is 1.88. The number of hydrogen-bond acceptors (Lipinski definition) is 3. The first-order valence-corrected chi connectivity index (χ1v) is 8.08. The van der Waals surface area contributed by atoms with Crippen LogP contribution in [0.5, 0.6) is 0 Å². The van der Waals surface area contributed by atoms with Crippen LogP contribution in [-0.2, 0) is 4.74 Å². The third kappa shape index (κ3) is 3.01. The molecule has 0 N–H and O–H groups in total. The molecule has 1 fully saturated rings. The minimum Gasteiger partial charge on any atom is -0.375 e. The van der Waals surface area contributed by atoms with Crippen molar-refractivity contribution in [2.24, 2.45) is 0 Å². The van der Waals surface area contributed by atoms with E-state index in [1.54, 1.807) is 0 Å². The maximum absolute atomic E-state index is 12.7. The lowest BCUT2D eigenvalue weighted by atomic mass is 10.0. The van der Waals surface area contributed by atoms with Crippen molar-refractivity contribution in [3.63, 3.8) is 0 Å². The average Bonchev–Trinajstić information content (AvgIpc) is 2.96. The third-order valence-electron chi connectivity index (χ3n) is 3.75. The van der Waals surface area contributed by atoms with Gasteiger partial charge in [-0.05, 0) is 30.9 Å². The van der Waals surface area contributed by atoms with E-state index in [0.29, 0.717) is 19.7 Å². The van der Waals surface area contributed by atoms with Crippen molar-refractivity contribution in [1.82, 2.24) is 4.90 Å². The molecule has 1 amide bonds. The van der Waals surface area contributed by atoms with Crippen LogP contribution in [0.2, 0.25) is 0 Å². The molecule has 1 unspecified atom stereocenters. The minimum atomic E-state index is 0.116. The number of aryl methyl sites for hydroxylation is 1. The molecule has 1 aromatic heterocycles. The zero-order valence-electron chi connectivity index (χ0n) is 12.3. The van der Waals surface area contributed by atoms with E-state index in [1.807, 2.05) is 23.3 Å². The molecule has 3 nitrogen and oxygen atoms in total. The maximum Gasteiger partial charge on any atom is 0.264 e. The molecular weight excluding hydrogens is 282 g/mol. The molecular formula is C17H19NO2S. The van der Waals surface area contributed by atoms with Crippen LogP contribution in [0.15, 0.2) is 35.7 Å². The molecule has 1 aliphatic rings. The summed E-state index contributed by atoms with van der Waals surface area (Å²) in [6.45, 7) is 6.05. The number of carbonyl (C=O) groups excluding carboxylic acids is 1. The van der Waals surface area contributed by atoms with Gasteiger partial charge < -0.3 is 9.64 Å². The van der Waals surface area contributed by atoms with Crippen molar-refractivity contribution >= 4 is 17.2 Å². The van der Waals surface area contributed by atoms with Crippen LogP contribution < -0.4 is 0 Å². The smallest absolute Gasteiger partial charge is 0.264 e. The number of amides is 1. The fourth-order valence-corrected chi connectivity index (χ4v) is 3.46. The van der Waals surface area contributed by atoms with Crippen LogP contribution in [0.3, 0.4) is 0 Å². The van der Waals surface area contributed by atoms with Crippen LogP contribution >= 0.6 is 11.3 Å². The molecule has 4 heteroatoms. The van der Waals surface area contributed by atoms with Gasteiger partial charge in [0.15, 0.2) is 0 Å². The Bertz CT molecular complexity index is 632. The minimum absolute atomic E-state index is 0.116. The van der Waals surface area contributed by atoms with Gasteiger partial charge in [-0.15, -0.1) is 11.3 Å². The van der Waals surface area contributed by atoms with Crippen molar-refractivity contribution in [3.8, 4) is 11.1 Å². The maximum atomic E-state index is 12.7. The summed E-state index contributed by atoms with van der Waals surface area (Å²) in [7, 11) is 0. The Morgan fingerprint density at radius 1 is 1.29 bits per heavy atom. The third-order valence-corrected chi connectivity index (χ3v) is 4.65. The highest BCUT2D eigenvalue weighted by Gasteiger charge is 2.25. The lowest BCUT2D eigenvalue weighted by Crippen LogP contribution is -2.44. The molecule has 0 saturated carbocycles. The summed E-state index contributed by atoms with van der Waals surface area (Å²) < 4.78 is 5.51. The van der Waals surface area contributed by atoms with E-state index in [0.717, 1.165) is 16.0 Å². The van der Waals surface area contributed by atoms with Gasteiger partial charge in [-0.25, -0.2) is 0 Å². The highest BCUT2D eigenvalue weighted by Crippen LogP contribution is 2.30. The Kier molecular flexibility index (Phi) is 4.08. The largest absolute Gasteiger partial charge is 0.375 e. The molecule has 21 heavy (non-hydrogen) atoms. The first kappa shape index (κ1) is 14.3. The van der Waals surface area contributed by atoms with Crippen LogP contribution in [0.1, 0.15) is 22.2 Å². The molecule has 0 spiro atoms. The van der Waals surface area contributed by atoms with Crippen molar-refractivity contribution < 1.29 is 9.53 Å². The predicted molar refractivity (Wildman–Crippen MR) is 85.8 cm³/mol. The summed E-state index contributed by atoms with van der Waals surface area (Å²) in [6, 6.07) is 10.4. The van der Waals surface area contributed by atoms with Gasteiger partial charge in [0.25, 0.3) is 5.91 Å². The number of nitrogens with zero attached hydrogens (tertiary/aromatic N) is 1. The normalized spacial score (nSPS) is 18.8. The lowest BCUT2D eigenvalue weighted by molar-refractivity contribution is -0.0122. The van der Waals surface area contributed by atoms with Gasteiger partial charge in [0.2, 0.25) is 0 Å².